The zero-order valence-electron chi connectivity index (χ0n) is 15.4. The second-order valence-electron chi connectivity index (χ2n) is 8.39. The molecule has 2 heterocycles. The van der Waals surface area contributed by atoms with Gasteiger partial charge in [-0.25, -0.2) is 4.98 Å². The van der Waals surface area contributed by atoms with Gasteiger partial charge in [0.1, 0.15) is 6.73 Å². The first kappa shape index (κ1) is 18.6. The number of carbonyl (C=O) groups excluding carboxylic acids is 1. The predicted octanol–water partition coefficient (Wildman–Crippen LogP) is 3.27. The summed E-state index contributed by atoms with van der Waals surface area (Å²) in [4.78, 5) is 31.2. The van der Waals surface area contributed by atoms with Crippen molar-refractivity contribution in [1.29, 1.82) is 0 Å². The molecule has 1 N–H and O–H groups in total. The average molecular weight is 350 g/mol. The molecular formula is C17H27N3O3Si. The number of ether oxygens (including phenoxy) is 1. The lowest BCUT2D eigenvalue weighted by atomic mass is 9.87. The summed E-state index contributed by atoms with van der Waals surface area (Å²) in [5.74, 6) is -0.0306. The van der Waals surface area contributed by atoms with Gasteiger partial charge in [0.2, 0.25) is 0 Å². The number of rotatable bonds is 6. The molecule has 0 fully saturated rings. The molecule has 24 heavy (non-hydrogen) atoms. The molecule has 0 aliphatic carbocycles. The molecule has 0 saturated carbocycles. The third kappa shape index (κ3) is 4.42. The number of nitrogens with zero attached hydrogens (tertiary/aromatic N) is 2. The van der Waals surface area contributed by atoms with E-state index < -0.39 is 13.5 Å². The second kappa shape index (κ2) is 6.64. The Hall–Kier alpha value is -1.73. The Kier molecular flexibility index (Phi) is 5.15. The van der Waals surface area contributed by atoms with Gasteiger partial charge in [-0.15, -0.1) is 0 Å². The van der Waals surface area contributed by atoms with Crippen molar-refractivity contribution in [2.75, 3.05) is 6.61 Å². The van der Waals surface area contributed by atoms with E-state index in [9.17, 15) is 9.59 Å². The number of fused-ring (bicyclic) bond motifs is 1. The zero-order valence-corrected chi connectivity index (χ0v) is 16.4. The molecule has 2 aromatic heterocycles. The van der Waals surface area contributed by atoms with Crippen LogP contribution in [0.5, 0.6) is 0 Å². The summed E-state index contributed by atoms with van der Waals surface area (Å²) in [6, 6.07) is 1.07. The molecule has 0 aliphatic rings. The van der Waals surface area contributed by atoms with Gasteiger partial charge < -0.3 is 14.3 Å². The van der Waals surface area contributed by atoms with Crippen LogP contribution in [0.4, 0.5) is 0 Å². The molecule has 0 radical (unpaired) electrons. The number of ketones is 1. The molecule has 0 atom stereocenters. The monoisotopic (exact) mass is 349 g/mol. The molecule has 2 rings (SSSR count). The van der Waals surface area contributed by atoms with E-state index in [0.717, 1.165) is 6.04 Å². The molecule has 0 amide bonds. The fraction of sp³-hybridized carbons (Fsp3) is 0.588. The normalized spacial score (nSPS) is 12.8. The van der Waals surface area contributed by atoms with Gasteiger partial charge in [-0.3, -0.25) is 9.59 Å². The van der Waals surface area contributed by atoms with E-state index in [4.69, 9.17) is 4.74 Å². The Morgan fingerprint density at radius 2 is 2.00 bits per heavy atom. The van der Waals surface area contributed by atoms with Gasteiger partial charge in [0.15, 0.2) is 11.4 Å². The molecule has 0 spiro atoms. The first-order chi connectivity index (χ1) is 11.0. The van der Waals surface area contributed by atoms with Crippen LogP contribution in [0.2, 0.25) is 25.7 Å². The van der Waals surface area contributed by atoms with Crippen LogP contribution < -0.4 is 5.56 Å². The summed E-state index contributed by atoms with van der Waals surface area (Å²) in [7, 11) is -1.15. The largest absolute Gasteiger partial charge is 0.361 e. The van der Waals surface area contributed by atoms with Crippen LogP contribution in [0.25, 0.3) is 11.2 Å². The van der Waals surface area contributed by atoms with Crippen molar-refractivity contribution in [3.05, 3.63) is 28.3 Å². The number of hydrogen-bond donors (Lipinski definition) is 1. The number of H-pyrrole nitrogens is 1. The van der Waals surface area contributed by atoms with E-state index in [2.05, 4.69) is 29.6 Å². The van der Waals surface area contributed by atoms with Gasteiger partial charge in [-0.05, 0) is 6.04 Å². The van der Waals surface area contributed by atoms with Crippen LogP contribution in [-0.2, 0) is 11.5 Å². The van der Waals surface area contributed by atoms with Gasteiger partial charge in [0.05, 0.1) is 17.3 Å². The molecule has 0 aliphatic heterocycles. The number of nitrogens with one attached hydrogen (secondary N) is 1. The fourth-order valence-electron chi connectivity index (χ4n) is 2.30. The molecule has 0 saturated heterocycles. The third-order valence-corrected chi connectivity index (χ3v) is 5.46. The van der Waals surface area contributed by atoms with Crippen molar-refractivity contribution in [3.8, 4) is 0 Å². The van der Waals surface area contributed by atoms with Crippen LogP contribution in [0.3, 0.4) is 0 Å². The van der Waals surface area contributed by atoms with Crippen molar-refractivity contribution >= 4 is 25.0 Å². The number of aromatic nitrogens is 3. The molecular weight excluding hydrogens is 322 g/mol. The van der Waals surface area contributed by atoms with Gasteiger partial charge in [0.25, 0.3) is 5.56 Å². The second-order valence-corrected chi connectivity index (χ2v) is 14.0. The summed E-state index contributed by atoms with van der Waals surface area (Å²) in [5.41, 5.74) is 0.677. The standard InChI is InChI=1S/C17H27N3O3Si/c1-17(2,3)15(22)12-10-20(11-23-7-8-24(4,5)6)16-14(12)19-13(21)9-18-16/h9-10H,7-8,11H2,1-6H3,(H,19,21). The summed E-state index contributed by atoms with van der Waals surface area (Å²) in [6.45, 7) is 13.5. The lowest BCUT2D eigenvalue weighted by Gasteiger charge is -2.16. The topological polar surface area (TPSA) is 77.0 Å². The van der Waals surface area contributed by atoms with Crippen molar-refractivity contribution in [3.63, 3.8) is 0 Å². The molecule has 6 nitrogen and oxygen atoms in total. The highest BCUT2D eigenvalue weighted by molar-refractivity contribution is 6.76. The van der Waals surface area contributed by atoms with E-state index in [1.807, 2.05) is 20.8 Å². The van der Waals surface area contributed by atoms with Crippen LogP contribution in [0.15, 0.2) is 17.2 Å². The molecule has 132 valence electrons. The van der Waals surface area contributed by atoms with Gasteiger partial charge in [0, 0.05) is 26.3 Å². The van der Waals surface area contributed by atoms with Crippen molar-refractivity contribution in [2.24, 2.45) is 5.41 Å². The zero-order chi connectivity index (χ0) is 18.1. The average Bonchev–Trinajstić information content (AvgIpc) is 2.78. The fourth-order valence-corrected chi connectivity index (χ4v) is 3.06. The smallest absolute Gasteiger partial charge is 0.267 e. The highest BCUT2D eigenvalue weighted by Crippen LogP contribution is 2.26. The summed E-state index contributed by atoms with van der Waals surface area (Å²) < 4.78 is 7.55. The summed E-state index contributed by atoms with van der Waals surface area (Å²) in [5, 5.41) is 0. The van der Waals surface area contributed by atoms with E-state index in [-0.39, 0.29) is 11.3 Å². The highest BCUT2D eigenvalue weighted by atomic mass is 28.3. The minimum Gasteiger partial charge on any atom is -0.361 e. The van der Waals surface area contributed by atoms with E-state index >= 15 is 0 Å². The lowest BCUT2D eigenvalue weighted by molar-refractivity contribution is 0.0849. The van der Waals surface area contributed by atoms with Crippen molar-refractivity contribution in [2.45, 2.75) is 53.2 Å². The summed E-state index contributed by atoms with van der Waals surface area (Å²) >= 11 is 0. The van der Waals surface area contributed by atoms with Crippen LogP contribution in [0.1, 0.15) is 31.1 Å². The predicted molar refractivity (Wildman–Crippen MR) is 98.2 cm³/mol. The first-order valence-electron chi connectivity index (χ1n) is 8.20. The van der Waals surface area contributed by atoms with Crippen molar-refractivity contribution in [1.82, 2.24) is 14.5 Å². The quantitative estimate of drug-likeness (QED) is 0.493. The number of Topliss-reactive ketones (excluding diaryl/α,β-unsaturated/α-hetero) is 1. The maximum absolute atomic E-state index is 12.7. The Labute approximate surface area is 143 Å². The lowest BCUT2D eigenvalue weighted by Crippen LogP contribution is -2.22. The third-order valence-electron chi connectivity index (χ3n) is 3.75. The Balaban J connectivity index is 2.31. The maximum Gasteiger partial charge on any atom is 0.267 e. The van der Waals surface area contributed by atoms with Gasteiger partial charge >= 0.3 is 0 Å². The van der Waals surface area contributed by atoms with E-state index in [0.29, 0.717) is 30.1 Å². The Morgan fingerprint density at radius 1 is 1.33 bits per heavy atom. The number of carbonyl (C=O) groups is 1. The van der Waals surface area contributed by atoms with Gasteiger partial charge in [-0.2, -0.15) is 0 Å². The van der Waals surface area contributed by atoms with E-state index in [1.165, 1.54) is 6.20 Å². The molecule has 0 unspecified atom stereocenters. The first-order valence-corrected chi connectivity index (χ1v) is 11.9. The molecule has 0 bridgehead atoms. The van der Waals surface area contributed by atoms with Crippen LogP contribution in [-0.4, -0.2) is 35.0 Å². The molecule has 2 aromatic rings. The minimum atomic E-state index is -1.15. The SMILES string of the molecule is CC(C)(C)C(=O)c1cn(COCC[Si](C)(C)C)c2ncc(=O)[nH]c12. The Bertz CT molecular complexity index is 794. The number of aromatic amines is 1. The molecule has 7 heteroatoms. The van der Waals surface area contributed by atoms with Crippen LogP contribution >= 0.6 is 0 Å². The Morgan fingerprint density at radius 3 is 2.58 bits per heavy atom. The minimum absolute atomic E-state index is 0.0306. The summed E-state index contributed by atoms with van der Waals surface area (Å²) in [6.07, 6.45) is 2.96. The van der Waals surface area contributed by atoms with E-state index in [1.54, 1.807) is 10.8 Å². The maximum atomic E-state index is 12.7. The number of hydrogen-bond acceptors (Lipinski definition) is 4. The molecule has 0 aromatic carbocycles. The highest BCUT2D eigenvalue weighted by Gasteiger charge is 2.27. The van der Waals surface area contributed by atoms with Gasteiger partial charge in [-0.1, -0.05) is 40.4 Å². The van der Waals surface area contributed by atoms with Crippen molar-refractivity contribution < 1.29 is 9.53 Å². The van der Waals surface area contributed by atoms with Crippen LogP contribution in [0, 0.1) is 5.41 Å².